The average molecular weight is 200 g/mol. The summed E-state index contributed by atoms with van der Waals surface area (Å²) < 4.78 is 17.5. The van der Waals surface area contributed by atoms with Gasteiger partial charge in [0.2, 0.25) is 0 Å². The number of benzene rings is 1. The first-order chi connectivity index (χ1) is 6.56. The predicted molar refractivity (Wildman–Crippen MR) is 46.0 cm³/mol. The van der Waals surface area contributed by atoms with E-state index in [1.54, 1.807) is 0 Å². The van der Waals surface area contributed by atoms with Crippen molar-refractivity contribution in [2.24, 2.45) is 0 Å². The average Bonchev–Trinajstić information content (AvgIpc) is 2.10. The maximum atomic E-state index is 12.9. The third-order valence-electron chi connectivity index (χ3n) is 1.71. The first-order valence-electron chi connectivity index (χ1n) is 3.82. The lowest BCUT2D eigenvalue weighted by molar-refractivity contribution is -0.136. The summed E-state index contributed by atoms with van der Waals surface area (Å²) >= 11 is 0. The molecule has 1 aromatic rings. The zero-order chi connectivity index (χ0) is 10.7. The van der Waals surface area contributed by atoms with Gasteiger partial charge in [0, 0.05) is 5.56 Å². The molecular weight excluding hydrogens is 191 g/mol. The Labute approximate surface area is 79.6 Å². The van der Waals surface area contributed by atoms with Crippen LogP contribution >= 0.6 is 0 Å². The summed E-state index contributed by atoms with van der Waals surface area (Å²) in [6.07, 6.45) is -0.373. The summed E-state index contributed by atoms with van der Waals surface area (Å²) in [7, 11) is 1.20. The van der Waals surface area contributed by atoms with E-state index in [1.807, 2.05) is 0 Å². The fourth-order valence-electron chi connectivity index (χ4n) is 1.09. The molecule has 0 aromatic heterocycles. The molecule has 1 rings (SSSR count). The number of carbonyl (C=O) groups is 1. The monoisotopic (exact) mass is 200 g/mol. The maximum absolute atomic E-state index is 12.9. The quantitative estimate of drug-likeness (QED) is 0.768. The second kappa shape index (κ2) is 3.95. The Kier molecular flexibility index (Phi) is 2.91. The summed E-state index contributed by atoms with van der Waals surface area (Å²) in [5, 5.41) is 17.9. The van der Waals surface area contributed by atoms with E-state index in [9.17, 15) is 14.3 Å². The van der Waals surface area contributed by atoms with Gasteiger partial charge in [-0.05, 0) is 6.07 Å². The molecule has 0 aliphatic heterocycles. The number of hydrogen-bond acceptors (Lipinski definition) is 3. The van der Waals surface area contributed by atoms with Crippen molar-refractivity contribution in [3.63, 3.8) is 0 Å². The van der Waals surface area contributed by atoms with Gasteiger partial charge in [-0.1, -0.05) is 6.07 Å². The van der Waals surface area contributed by atoms with Gasteiger partial charge in [0.15, 0.2) is 17.3 Å². The van der Waals surface area contributed by atoms with Crippen molar-refractivity contribution in [3.8, 4) is 11.5 Å². The Morgan fingerprint density at radius 3 is 2.71 bits per heavy atom. The van der Waals surface area contributed by atoms with Gasteiger partial charge in [-0.2, -0.15) is 0 Å². The third-order valence-corrected chi connectivity index (χ3v) is 1.71. The minimum absolute atomic E-state index is 0.121. The molecule has 0 atom stereocenters. The number of methoxy groups -OCH3 is 1. The number of aromatic hydroxyl groups is 1. The zero-order valence-electron chi connectivity index (χ0n) is 7.45. The number of rotatable bonds is 3. The summed E-state index contributed by atoms with van der Waals surface area (Å²) in [6, 6.07) is 2.26. The number of aliphatic carboxylic acids is 1. The van der Waals surface area contributed by atoms with Crippen molar-refractivity contribution in [3.05, 3.63) is 23.5 Å². The number of phenolic OH excluding ortho intramolecular Hbond substituents is 1. The van der Waals surface area contributed by atoms with Crippen LogP contribution in [0.2, 0.25) is 0 Å². The minimum Gasteiger partial charge on any atom is -0.504 e. The first-order valence-corrected chi connectivity index (χ1v) is 3.82. The molecule has 0 aliphatic carbocycles. The molecule has 0 spiro atoms. The van der Waals surface area contributed by atoms with Crippen LogP contribution in [0.15, 0.2) is 12.1 Å². The van der Waals surface area contributed by atoms with Crippen molar-refractivity contribution >= 4 is 5.97 Å². The van der Waals surface area contributed by atoms with Gasteiger partial charge < -0.3 is 14.9 Å². The Balaban J connectivity index is 3.14. The Bertz CT molecular complexity index is 362. The number of hydrogen-bond donors (Lipinski definition) is 2. The molecule has 0 aliphatic rings. The molecule has 0 heterocycles. The van der Waals surface area contributed by atoms with E-state index in [4.69, 9.17) is 5.11 Å². The minimum atomic E-state index is -1.10. The molecule has 5 heteroatoms. The molecule has 0 bridgehead atoms. The SMILES string of the molecule is COc1c(F)ccc(CC(=O)O)c1O. The van der Waals surface area contributed by atoms with Crippen LogP contribution in [-0.4, -0.2) is 23.3 Å². The van der Waals surface area contributed by atoms with E-state index in [-0.39, 0.29) is 17.7 Å². The number of halogens is 1. The summed E-state index contributed by atoms with van der Waals surface area (Å²) in [4.78, 5) is 10.4. The molecule has 0 saturated heterocycles. The Morgan fingerprint density at radius 2 is 2.21 bits per heavy atom. The fourth-order valence-corrected chi connectivity index (χ4v) is 1.09. The van der Waals surface area contributed by atoms with Crippen LogP contribution in [0.25, 0.3) is 0 Å². The molecule has 0 fully saturated rings. The molecule has 1 aromatic carbocycles. The van der Waals surface area contributed by atoms with Crippen molar-refractivity contribution in [2.75, 3.05) is 7.11 Å². The molecule has 4 nitrogen and oxygen atoms in total. The highest BCUT2D eigenvalue weighted by atomic mass is 19.1. The highest BCUT2D eigenvalue weighted by molar-refractivity contribution is 5.72. The van der Waals surface area contributed by atoms with Gasteiger partial charge in [-0.25, -0.2) is 4.39 Å². The predicted octanol–water partition coefficient (Wildman–Crippen LogP) is 1.17. The van der Waals surface area contributed by atoms with Crippen LogP contribution in [0.5, 0.6) is 11.5 Å². The lowest BCUT2D eigenvalue weighted by atomic mass is 10.1. The van der Waals surface area contributed by atoms with Gasteiger partial charge in [0.25, 0.3) is 0 Å². The van der Waals surface area contributed by atoms with Crippen molar-refractivity contribution in [1.29, 1.82) is 0 Å². The standard InChI is InChI=1S/C9H9FO4/c1-14-9-6(10)3-2-5(8(9)13)4-7(11)12/h2-3,13H,4H2,1H3,(H,11,12). The van der Waals surface area contributed by atoms with Gasteiger partial charge >= 0.3 is 5.97 Å². The topological polar surface area (TPSA) is 66.8 Å². The number of ether oxygens (including phenoxy) is 1. The van der Waals surface area contributed by atoms with E-state index < -0.39 is 17.5 Å². The van der Waals surface area contributed by atoms with Crippen LogP contribution in [-0.2, 0) is 11.2 Å². The van der Waals surface area contributed by atoms with Crippen molar-refractivity contribution < 1.29 is 24.1 Å². The Hall–Kier alpha value is -1.78. The van der Waals surface area contributed by atoms with E-state index >= 15 is 0 Å². The van der Waals surface area contributed by atoms with E-state index in [0.717, 1.165) is 6.07 Å². The normalized spacial score (nSPS) is 9.86. The molecule has 0 saturated carbocycles. The van der Waals surface area contributed by atoms with Crippen molar-refractivity contribution in [2.45, 2.75) is 6.42 Å². The lowest BCUT2D eigenvalue weighted by Gasteiger charge is -2.07. The van der Waals surface area contributed by atoms with Crippen LogP contribution in [0.3, 0.4) is 0 Å². The number of carboxylic acids is 1. The third kappa shape index (κ3) is 1.93. The molecule has 14 heavy (non-hydrogen) atoms. The van der Waals surface area contributed by atoms with Crippen LogP contribution < -0.4 is 4.74 Å². The zero-order valence-corrected chi connectivity index (χ0v) is 7.45. The number of phenols is 1. The molecule has 0 radical (unpaired) electrons. The second-order valence-corrected chi connectivity index (χ2v) is 2.66. The van der Waals surface area contributed by atoms with Gasteiger partial charge in [0.1, 0.15) is 0 Å². The van der Waals surface area contributed by atoms with Crippen molar-refractivity contribution in [1.82, 2.24) is 0 Å². The van der Waals surface area contributed by atoms with Crippen LogP contribution in [0.4, 0.5) is 4.39 Å². The fraction of sp³-hybridized carbons (Fsp3) is 0.222. The Morgan fingerprint density at radius 1 is 1.57 bits per heavy atom. The summed E-state index contributed by atoms with van der Waals surface area (Å²) in [6.45, 7) is 0. The first kappa shape index (κ1) is 10.3. The molecule has 0 amide bonds. The van der Waals surface area contributed by atoms with Gasteiger partial charge in [-0.15, -0.1) is 0 Å². The van der Waals surface area contributed by atoms with Gasteiger partial charge in [-0.3, -0.25) is 4.79 Å². The molecule has 0 unspecified atom stereocenters. The van der Waals surface area contributed by atoms with E-state index in [0.29, 0.717) is 0 Å². The summed E-state index contributed by atoms with van der Waals surface area (Å²) in [5.74, 6) is -2.62. The number of carboxylic acid groups (broad SMARTS) is 1. The van der Waals surface area contributed by atoms with E-state index in [2.05, 4.69) is 4.74 Å². The van der Waals surface area contributed by atoms with Gasteiger partial charge in [0.05, 0.1) is 13.5 Å². The molecule has 2 N–H and O–H groups in total. The summed E-state index contributed by atoms with van der Waals surface area (Å²) in [5.41, 5.74) is 0.121. The highest BCUT2D eigenvalue weighted by Gasteiger charge is 2.14. The van der Waals surface area contributed by atoms with Crippen LogP contribution in [0.1, 0.15) is 5.56 Å². The lowest BCUT2D eigenvalue weighted by Crippen LogP contribution is -2.01. The molecular formula is C9H9FO4. The largest absolute Gasteiger partial charge is 0.504 e. The smallest absolute Gasteiger partial charge is 0.307 e. The van der Waals surface area contributed by atoms with E-state index in [1.165, 1.54) is 13.2 Å². The van der Waals surface area contributed by atoms with Crippen LogP contribution in [0, 0.1) is 5.82 Å². The highest BCUT2D eigenvalue weighted by Crippen LogP contribution is 2.32. The second-order valence-electron chi connectivity index (χ2n) is 2.66. The maximum Gasteiger partial charge on any atom is 0.307 e. The molecule has 76 valence electrons.